The van der Waals surface area contributed by atoms with Crippen LogP contribution in [0.5, 0.6) is 0 Å². The summed E-state index contributed by atoms with van der Waals surface area (Å²) in [5.74, 6) is -0.119. The second kappa shape index (κ2) is 7.07. The van der Waals surface area contributed by atoms with E-state index in [1.165, 1.54) is 0 Å². The van der Waals surface area contributed by atoms with Gasteiger partial charge in [-0.3, -0.25) is 4.68 Å². The van der Waals surface area contributed by atoms with Gasteiger partial charge < -0.3 is 0 Å². The topological polar surface area (TPSA) is 17.8 Å². The van der Waals surface area contributed by atoms with Gasteiger partial charge in [-0.25, -0.2) is 4.39 Å². The van der Waals surface area contributed by atoms with E-state index in [4.69, 9.17) is 0 Å². The van der Waals surface area contributed by atoms with Crippen molar-refractivity contribution in [2.24, 2.45) is 0 Å². The number of halogens is 1. The van der Waals surface area contributed by atoms with Crippen LogP contribution in [0.1, 0.15) is 38.8 Å². The molecule has 0 saturated carbocycles. The maximum atomic E-state index is 13.9. The maximum Gasteiger partial charge on any atom is 0.127 e. The van der Waals surface area contributed by atoms with Crippen LogP contribution in [0.25, 0.3) is 11.1 Å². The lowest BCUT2D eigenvalue weighted by atomic mass is 9.98. The first-order valence-electron chi connectivity index (χ1n) is 6.97. The molecule has 3 heteroatoms. The second-order valence-electron chi connectivity index (χ2n) is 4.21. The first-order chi connectivity index (χ1) is 9.15. The fourth-order valence-electron chi connectivity index (χ4n) is 2.06. The van der Waals surface area contributed by atoms with Crippen molar-refractivity contribution in [1.82, 2.24) is 9.78 Å². The van der Waals surface area contributed by atoms with Crippen LogP contribution in [0.2, 0.25) is 0 Å². The predicted molar refractivity (Wildman–Crippen MR) is 78.8 cm³/mol. The average molecular weight is 262 g/mol. The quantitative estimate of drug-likeness (QED) is 0.790. The molecule has 2 aromatic rings. The number of nitrogens with zero attached hydrogens (tertiary/aromatic N) is 2. The van der Waals surface area contributed by atoms with Gasteiger partial charge >= 0.3 is 0 Å². The monoisotopic (exact) mass is 262 g/mol. The largest absolute Gasteiger partial charge is 0.272 e. The summed E-state index contributed by atoms with van der Waals surface area (Å²) in [5.41, 5.74) is 3.67. The molecule has 2 nitrogen and oxygen atoms in total. The van der Waals surface area contributed by atoms with Crippen LogP contribution in [0.4, 0.5) is 4.39 Å². The lowest BCUT2D eigenvalue weighted by Gasteiger charge is -2.08. The van der Waals surface area contributed by atoms with Crippen molar-refractivity contribution < 1.29 is 4.39 Å². The highest BCUT2D eigenvalue weighted by atomic mass is 19.1. The summed E-state index contributed by atoms with van der Waals surface area (Å²) in [6.07, 6.45) is 4.46. The molecule has 1 aromatic heterocycles. The first-order valence-corrected chi connectivity index (χ1v) is 6.97. The highest BCUT2D eigenvalue weighted by molar-refractivity contribution is 5.67. The first kappa shape index (κ1) is 15.4. The minimum Gasteiger partial charge on any atom is -0.272 e. The molecule has 0 amide bonds. The van der Waals surface area contributed by atoms with E-state index in [0.29, 0.717) is 6.42 Å². The minimum absolute atomic E-state index is 0.119. The van der Waals surface area contributed by atoms with Crippen molar-refractivity contribution in [1.29, 1.82) is 0 Å². The Kier molecular flexibility index (Phi) is 5.74. The second-order valence-corrected chi connectivity index (χ2v) is 4.21. The van der Waals surface area contributed by atoms with Crippen LogP contribution in [-0.2, 0) is 13.0 Å². The zero-order valence-electron chi connectivity index (χ0n) is 12.5. The highest BCUT2D eigenvalue weighted by Gasteiger charge is 2.11. The Morgan fingerprint density at radius 2 is 1.89 bits per heavy atom. The molecule has 0 aliphatic heterocycles. The van der Waals surface area contributed by atoms with E-state index in [2.05, 4.69) is 5.10 Å². The van der Waals surface area contributed by atoms with Gasteiger partial charge in [0, 0.05) is 18.3 Å². The van der Waals surface area contributed by atoms with Gasteiger partial charge in [-0.15, -0.1) is 0 Å². The third-order valence-electron chi connectivity index (χ3n) is 2.96. The Morgan fingerprint density at radius 3 is 2.42 bits per heavy atom. The molecule has 19 heavy (non-hydrogen) atoms. The summed E-state index contributed by atoms with van der Waals surface area (Å²) in [7, 11) is 0. The van der Waals surface area contributed by atoms with E-state index >= 15 is 0 Å². The maximum absolute atomic E-state index is 13.9. The summed E-state index contributed by atoms with van der Waals surface area (Å²) in [5, 5.41) is 4.24. The normalized spacial score (nSPS) is 10.0. The summed E-state index contributed by atoms with van der Waals surface area (Å²) < 4.78 is 15.7. The molecule has 0 saturated heterocycles. The predicted octanol–water partition coefficient (Wildman–Crippen LogP) is 4.61. The van der Waals surface area contributed by atoms with E-state index in [0.717, 1.165) is 28.8 Å². The number of aromatic nitrogens is 2. The lowest BCUT2D eigenvalue weighted by molar-refractivity contribution is 0.612. The van der Waals surface area contributed by atoms with E-state index in [1.54, 1.807) is 12.3 Å². The molecule has 104 valence electrons. The minimum atomic E-state index is -0.119. The number of rotatable bonds is 3. The molecule has 0 atom stereocenters. The van der Waals surface area contributed by atoms with E-state index in [9.17, 15) is 4.39 Å². The number of hydrogen-bond donors (Lipinski definition) is 0. The Morgan fingerprint density at radius 1 is 1.21 bits per heavy atom. The smallest absolute Gasteiger partial charge is 0.127 e. The number of benzene rings is 1. The molecule has 0 N–H and O–H groups in total. The Hall–Kier alpha value is -1.64. The van der Waals surface area contributed by atoms with Crippen LogP contribution in [-0.4, -0.2) is 9.78 Å². The van der Waals surface area contributed by atoms with Gasteiger partial charge in [-0.2, -0.15) is 5.10 Å². The van der Waals surface area contributed by atoms with Crippen molar-refractivity contribution in [2.75, 3.05) is 0 Å². The molecule has 1 aromatic carbocycles. The van der Waals surface area contributed by atoms with Crippen molar-refractivity contribution in [3.05, 3.63) is 41.5 Å². The zero-order valence-corrected chi connectivity index (χ0v) is 12.5. The molecule has 2 rings (SSSR count). The zero-order chi connectivity index (χ0) is 14.4. The van der Waals surface area contributed by atoms with Crippen molar-refractivity contribution in [3.63, 3.8) is 0 Å². The van der Waals surface area contributed by atoms with Gasteiger partial charge in [-0.1, -0.05) is 26.8 Å². The van der Waals surface area contributed by atoms with Crippen LogP contribution in [0.15, 0.2) is 24.5 Å². The number of hydrogen-bond acceptors (Lipinski definition) is 1. The van der Waals surface area contributed by atoms with Gasteiger partial charge in [0.1, 0.15) is 5.82 Å². The van der Waals surface area contributed by atoms with E-state index in [-0.39, 0.29) is 5.82 Å². The van der Waals surface area contributed by atoms with Gasteiger partial charge in [0.25, 0.3) is 0 Å². The SMILES string of the molecule is CC.CCc1c(F)cc(C)cc1-c1cnn(CC)c1. The molecule has 0 fully saturated rings. The lowest BCUT2D eigenvalue weighted by Crippen LogP contribution is -1.94. The third kappa shape index (κ3) is 3.43. The molecule has 0 aliphatic rings. The van der Waals surface area contributed by atoms with Gasteiger partial charge in [0.05, 0.1) is 6.20 Å². The molecular weight excluding hydrogens is 239 g/mol. The van der Waals surface area contributed by atoms with Crippen LogP contribution in [0.3, 0.4) is 0 Å². The van der Waals surface area contributed by atoms with Crippen molar-refractivity contribution in [3.8, 4) is 11.1 Å². The molecule has 0 aliphatic carbocycles. The van der Waals surface area contributed by atoms with Crippen LogP contribution in [0, 0.1) is 12.7 Å². The van der Waals surface area contributed by atoms with Gasteiger partial charge in [-0.05, 0) is 43.0 Å². The summed E-state index contributed by atoms with van der Waals surface area (Å²) in [4.78, 5) is 0. The summed E-state index contributed by atoms with van der Waals surface area (Å²) in [6.45, 7) is 10.8. The average Bonchev–Trinajstić information content (AvgIpc) is 2.89. The summed E-state index contributed by atoms with van der Waals surface area (Å²) in [6, 6.07) is 3.62. The molecule has 0 bridgehead atoms. The molecular formula is C16H23FN2. The van der Waals surface area contributed by atoms with Gasteiger partial charge in [0.15, 0.2) is 0 Å². The third-order valence-corrected chi connectivity index (χ3v) is 2.96. The van der Waals surface area contributed by atoms with Gasteiger partial charge in [0.2, 0.25) is 0 Å². The van der Waals surface area contributed by atoms with Crippen LogP contribution < -0.4 is 0 Å². The molecule has 0 spiro atoms. The van der Waals surface area contributed by atoms with Crippen molar-refractivity contribution >= 4 is 0 Å². The molecule has 0 radical (unpaired) electrons. The van der Waals surface area contributed by atoms with E-state index < -0.39 is 0 Å². The standard InChI is InChI=1S/C14H17FN2.C2H6/c1-4-12-13(6-10(3)7-14(12)15)11-8-16-17(5-2)9-11;1-2/h6-9H,4-5H2,1-3H3;1-2H3. The molecule has 1 heterocycles. The highest BCUT2D eigenvalue weighted by Crippen LogP contribution is 2.27. The van der Waals surface area contributed by atoms with Crippen LogP contribution >= 0.6 is 0 Å². The van der Waals surface area contributed by atoms with Crippen molar-refractivity contribution in [2.45, 2.75) is 47.6 Å². The fraction of sp³-hybridized carbons (Fsp3) is 0.438. The van der Waals surface area contributed by atoms with E-state index in [1.807, 2.05) is 51.6 Å². The Labute approximate surface area is 115 Å². The molecule has 0 unspecified atom stereocenters. The number of aryl methyl sites for hydroxylation is 2. The summed E-state index contributed by atoms with van der Waals surface area (Å²) >= 11 is 0. The fourth-order valence-corrected chi connectivity index (χ4v) is 2.06. The Balaban J connectivity index is 0.000000861. The Bertz CT molecular complexity index is 530.